The van der Waals surface area contributed by atoms with Gasteiger partial charge in [-0.2, -0.15) is 0 Å². The lowest BCUT2D eigenvalue weighted by atomic mass is 9.84. The molecule has 0 spiro atoms. The van der Waals surface area contributed by atoms with E-state index in [1.54, 1.807) is 12.1 Å². The van der Waals surface area contributed by atoms with Gasteiger partial charge in [0.25, 0.3) is 0 Å². The highest BCUT2D eigenvalue weighted by atomic mass is 16.5. The van der Waals surface area contributed by atoms with Gasteiger partial charge in [0.15, 0.2) is 5.78 Å². The van der Waals surface area contributed by atoms with Crippen LogP contribution in [-0.4, -0.2) is 23.7 Å². The topological polar surface area (TPSA) is 81.7 Å². The van der Waals surface area contributed by atoms with Gasteiger partial charge < -0.3 is 14.8 Å². The summed E-state index contributed by atoms with van der Waals surface area (Å²) in [5.74, 6) is -0.167. The summed E-state index contributed by atoms with van der Waals surface area (Å²) < 4.78 is 11.2. The van der Waals surface area contributed by atoms with Gasteiger partial charge in [-0.25, -0.2) is 0 Å². The average Bonchev–Trinajstić information content (AvgIpc) is 2.67. The molecule has 0 fully saturated rings. The maximum Gasteiger partial charge on any atom is 0.302 e. The van der Waals surface area contributed by atoms with E-state index in [-0.39, 0.29) is 18.3 Å². The molecule has 0 aliphatic heterocycles. The molecule has 0 heterocycles. The molecule has 0 aromatic heterocycles. The highest BCUT2D eigenvalue weighted by molar-refractivity contribution is 6.04. The van der Waals surface area contributed by atoms with Gasteiger partial charge in [-0.3, -0.25) is 14.4 Å². The van der Waals surface area contributed by atoms with Crippen LogP contribution in [0.1, 0.15) is 47.3 Å². The van der Waals surface area contributed by atoms with E-state index in [0.717, 1.165) is 11.1 Å². The molecule has 1 unspecified atom stereocenters. The number of rotatable bonds is 6. The zero-order chi connectivity index (χ0) is 20.1. The molecule has 2 aromatic carbocycles. The molecule has 1 aliphatic rings. The molecule has 28 heavy (non-hydrogen) atoms. The number of amides is 1. The number of carbonyl (C=O) groups is 3. The highest BCUT2D eigenvalue weighted by Crippen LogP contribution is 2.32. The van der Waals surface area contributed by atoms with Crippen molar-refractivity contribution in [2.75, 3.05) is 0 Å². The SMILES string of the molecule is CC(=O)NC1CCc2c(ccc(OCc3ccccc3)c2COC(C)=O)C1=O. The van der Waals surface area contributed by atoms with Crippen molar-refractivity contribution in [2.24, 2.45) is 0 Å². The highest BCUT2D eigenvalue weighted by Gasteiger charge is 2.30. The maximum absolute atomic E-state index is 12.8. The van der Waals surface area contributed by atoms with E-state index in [9.17, 15) is 14.4 Å². The lowest BCUT2D eigenvalue weighted by Gasteiger charge is -2.27. The molecular weight excluding hydrogens is 358 g/mol. The first-order valence-corrected chi connectivity index (χ1v) is 9.22. The number of carbonyl (C=O) groups excluding carboxylic acids is 3. The monoisotopic (exact) mass is 381 g/mol. The van der Waals surface area contributed by atoms with Crippen LogP contribution in [0.25, 0.3) is 0 Å². The van der Waals surface area contributed by atoms with Crippen molar-refractivity contribution < 1.29 is 23.9 Å². The van der Waals surface area contributed by atoms with Crippen LogP contribution in [0.15, 0.2) is 42.5 Å². The third kappa shape index (κ3) is 4.57. The van der Waals surface area contributed by atoms with Gasteiger partial charge >= 0.3 is 5.97 Å². The third-order valence-corrected chi connectivity index (χ3v) is 4.69. The Morgan fingerprint density at radius 3 is 2.50 bits per heavy atom. The minimum atomic E-state index is -0.525. The van der Waals surface area contributed by atoms with Gasteiger partial charge in [0.05, 0.1) is 6.04 Å². The van der Waals surface area contributed by atoms with Crippen LogP contribution in [0.4, 0.5) is 0 Å². The zero-order valence-electron chi connectivity index (χ0n) is 16.0. The van der Waals surface area contributed by atoms with E-state index >= 15 is 0 Å². The standard InChI is InChI=1S/C22H23NO5/c1-14(24)23-20-10-8-17-18(22(20)26)9-11-21(19(17)13-27-15(2)25)28-12-16-6-4-3-5-7-16/h3-7,9,11,20H,8,10,12-13H2,1-2H3,(H,23,24). The number of hydrogen-bond donors (Lipinski definition) is 1. The van der Waals surface area contributed by atoms with Crippen molar-refractivity contribution in [3.8, 4) is 5.75 Å². The second-order valence-corrected chi connectivity index (χ2v) is 6.78. The lowest BCUT2D eigenvalue weighted by Crippen LogP contribution is -2.42. The first-order valence-electron chi connectivity index (χ1n) is 9.22. The van der Waals surface area contributed by atoms with E-state index in [0.29, 0.717) is 36.3 Å². The van der Waals surface area contributed by atoms with Crippen molar-refractivity contribution >= 4 is 17.7 Å². The van der Waals surface area contributed by atoms with Gasteiger partial charge in [-0.15, -0.1) is 0 Å². The number of fused-ring (bicyclic) bond motifs is 1. The third-order valence-electron chi connectivity index (χ3n) is 4.69. The quantitative estimate of drug-likeness (QED) is 0.778. The molecule has 3 rings (SSSR count). The van der Waals surface area contributed by atoms with Crippen LogP contribution < -0.4 is 10.1 Å². The number of nitrogens with one attached hydrogen (secondary N) is 1. The van der Waals surface area contributed by atoms with E-state index < -0.39 is 12.0 Å². The first-order chi connectivity index (χ1) is 13.5. The largest absolute Gasteiger partial charge is 0.488 e. The number of ketones is 1. The van der Waals surface area contributed by atoms with E-state index in [2.05, 4.69) is 5.32 Å². The molecule has 1 N–H and O–H groups in total. The van der Waals surface area contributed by atoms with Gasteiger partial charge in [0.1, 0.15) is 19.0 Å². The fourth-order valence-electron chi connectivity index (χ4n) is 3.38. The number of esters is 1. The Morgan fingerprint density at radius 1 is 1.07 bits per heavy atom. The fraction of sp³-hybridized carbons (Fsp3) is 0.318. The Balaban J connectivity index is 1.89. The van der Waals surface area contributed by atoms with Crippen molar-refractivity contribution in [1.29, 1.82) is 0 Å². The molecule has 1 amide bonds. The zero-order valence-corrected chi connectivity index (χ0v) is 16.0. The second-order valence-electron chi connectivity index (χ2n) is 6.78. The predicted molar refractivity (Wildman–Crippen MR) is 103 cm³/mol. The molecule has 2 aromatic rings. The van der Waals surface area contributed by atoms with Crippen LogP contribution in [0, 0.1) is 0 Å². The van der Waals surface area contributed by atoms with Crippen molar-refractivity contribution in [3.63, 3.8) is 0 Å². The molecule has 6 heteroatoms. The minimum Gasteiger partial charge on any atom is -0.488 e. The Hall–Kier alpha value is -3.15. The minimum absolute atomic E-state index is 0.0424. The van der Waals surface area contributed by atoms with Crippen molar-refractivity contribution in [1.82, 2.24) is 5.32 Å². The summed E-state index contributed by atoms with van der Waals surface area (Å²) in [7, 11) is 0. The van der Waals surface area contributed by atoms with Crippen LogP contribution in [0.2, 0.25) is 0 Å². The normalized spacial score (nSPS) is 15.5. The van der Waals surface area contributed by atoms with Gasteiger partial charge in [-0.1, -0.05) is 30.3 Å². The fourth-order valence-corrected chi connectivity index (χ4v) is 3.38. The first kappa shape index (κ1) is 19.6. The Labute approximate surface area is 163 Å². The molecule has 0 radical (unpaired) electrons. The number of hydrogen-bond acceptors (Lipinski definition) is 5. The van der Waals surface area contributed by atoms with E-state index in [1.165, 1.54) is 13.8 Å². The van der Waals surface area contributed by atoms with Crippen molar-refractivity contribution in [3.05, 3.63) is 64.7 Å². The molecule has 6 nitrogen and oxygen atoms in total. The van der Waals surface area contributed by atoms with E-state index in [1.807, 2.05) is 30.3 Å². The summed E-state index contributed by atoms with van der Waals surface area (Å²) in [6.07, 6.45) is 1.09. The Bertz CT molecular complexity index is 891. The number of ether oxygens (including phenoxy) is 2. The second kappa shape index (κ2) is 8.69. The van der Waals surface area contributed by atoms with Crippen LogP contribution >= 0.6 is 0 Å². The maximum atomic E-state index is 12.8. The molecule has 146 valence electrons. The van der Waals surface area contributed by atoms with Gasteiger partial charge in [0.2, 0.25) is 5.91 Å². The molecule has 0 saturated carbocycles. The van der Waals surface area contributed by atoms with Crippen LogP contribution in [0.5, 0.6) is 5.75 Å². The van der Waals surface area contributed by atoms with Gasteiger partial charge in [-0.05, 0) is 36.1 Å². The summed E-state index contributed by atoms with van der Waals surface area (Å²) in [4.78, 5) is 35.5. The summed E-state index contributed by atoms with van der Waals surface area (Å²) in [6, 6.07) is 12.7. The van der Waals surface area contributed by atoms with Gasteiger partial charge in [0, 0.05) is 25.0 Å². The number of Topliss-reactive ketones (excluding diaryl/α,β-unsaturated/α-hetero) is 1. The predicted octanol–water partition coefficient (Wildman–Crippen LogP) is 2.96. The lowest BCUT2D eigenvalue weighted by molar-refractivity contribution is -0.142. The molecule has 0 saturated heterocycles. The summed E-state index contributed by atoms with van der Waals surface area (Å²) in [5.41, 5.74) is 3.08. The molecule has 0 bridgehead atoms. The molecule has 1 aliphatic carbocycles. The summed E-state index contributed by atoms with van der Waals surface area (Å²) >= 11 is 0. The average molecular weight is 381 g/mol. The Morgan fingerprint density at radius 2 is 1.82 bits per heavy atom. The van der Waals surface area contributed by atoms with Crippen molar-refractivity contribution in [2.45, 2.75) is 45.9 Å². The molecule has 1 atom stereocenters. The van der Waals surface area contributed by atoms with E-state index in [4.69, 9.17) is 9.47 Å². The summed E-state index contributed by atoms with van der Waals surface area (Å²) in [6.45, 7) is 3.16. The number of benzene rings is 2. The van der Waals surface area contributed by atoms with Crippen LogP contribution in [-0.2, 0) is 34.0 Å². The van der Waals surface area contributed by atoms with Crippen LogP contribution in [0.3, 0.4) is 0 Å². The molecular formula is C22H23NO5. The summed E-state index contributed by atoms with van der Waals surface area (Å²) in [5, 5.41) is 2.70. The Kier molecular flexibility index (Phi) is 6.09. The smallest absolute Gasteiger partial charge is 0.302 e.